The molecule has 0 fully saturated rings. The molecule has 0 radical (unpaired) electrons. The van der Waals surface area contributed by atoms with Gasteiger partial charge in [0.25, 0.3) is 5.91 Å². The summed E-state index contributed by atoms with van der Waals surface area (Å²) >= 11 is 0. The number of aliphatic hydroxyl groups is 1. The quantitative estimate of drug-likeness (QED) is 0.819. The second-order valence-corrected chi connectivity index (χ2v) is 6.76. The Labute approximate surface area is 143 Å². The lowest BCUT2D eigenvalue weighted by molar-refractivity contribution is 0.102. The summed E-state index contributed by atoms with van der Waals surface area (Å²) in [7, 11) is 0. The van der Waals surface area contributed by atoms with Crippen LogP contribution in [-0.4, -0.2) is 17.7 Å². The smallest absolute Gasteiger partial charge is 0.255 e. The van der Waals surface area contributed by atoms with Gasteiger partial charge in [0.15, 0.2) is 0 Å². The number of benzene rings is 2. The fourth-order valence-electron chi connectivity index (χ4n) is 2.52. The number of carbonyl (C=O) groups is 1. The summed E-state index contributed by atoms with van der Waals surface area (Å²) < 4.78 is 0. The Morgan fingerprint density at radius 3 is 2.38 bits per heavy atom. The third-order valence-corrected chi connectivity index (χ3v) is 3.97. The van der Waals surface area contributed by atoms with Gasteiger partial charge in [-0.3, -0.25) is 9.79 Å². The van der Waals surface area contributed by atoms with E-state index in [1.807, 2.05) is 36.4 Å². The van der Waals surface area contributed by atoms with Crippen LogP contribution in [0.3, 0.4) is 0 Å². The number of rotatable bonds is 5. The van der Waals surface area contributed by atoms with Crippen LogP contribution in [0.4, 0.5) is 5.69 Å². The summed E-state index contributed by atoms with van der Waals surface area (Å²) in [4.78, 5) is 16.3. The number of hydrogen-bond acceptors (Lipinski definition) is 3. The Morgan fingerprint density at radius 2 is 1.83 bits per heavy atom. The molecule has 0 bridgehead atoms. The summed E-state index contributed by atoms with van der Waals surface area (Å²) in [6, 6.07) is 13.1. The molecule has 2 aromatic rings. The van der Waals surface area contributed by atoms with Crippen LogP contribution >= 0.6 is 0 Å². The third-order valence-electron chi connectivity index (χ3n) is 3.97. The van der Waals surface area contributed by atoms with Crippen molar-refractivity contribution in [3.8, 4) is 0 Å². The topological polar surface area (TPSA) is 61.7 Å². The first-order chi connectivity index (χ1) is 11.4. The van der Waals surface area contributed by atoms with Crippen LogP contribution in [0.5, 0.6) is 0 Å². The van der Waals surface area contributed by atoms with Crippen LogP contribution in [0.25, 0.3) is 0 Å². The second-order valence-electron chi connectivity index (χ2n) is 6.76. The summed E-state index contributed by atoms with van der Waals surface area (Å²) in [6.45, 7) is 10.1. The maximum absolute atomic E-state index is 12.5. The van der Waals surface area contributed by atoms with Crippen molar-refractivity contribution in [1.82, 2.24) is 0 Å². The molecule has 0 unspecified atom stereocenters. The van der Waals surface area contributed by atoms with E-state index in [0.29, 0.717) is 23.4 Å². The molecule has 0 aliphatic rings. The van der Waals surface area contributed by atoms with Gasteiger partial charge in [-0.25, -0.2) is 0 Å². The fourth-order valence-corrected chi connectivity index (χ4v) is 2.52. The molecule has 0 spiro atoms. The number of aliphatic hydroxyl groups excluding tert-OH is 1. The van der Waals surface area contributed by atoms with E-state index in [1.54, 1.807) is 6.07 Å². The zero-order valence-corrected chi connectivity index (χ0v) is 14.5. The van der Waals surface area contributed by atoms with Crippen molar-refractivity contribution in [2.45, 2.75) is 39.3 Å². The van der Waals surface area contributed by atoms with Gasteiger partial charge >= 0.3 is 0 Å². The van der Waals surface area contributed by atoms with E-state index in [2.05, 4.69) is 37.8 Å². The van der Waals surface area contributed by atoms with Crippen molar-refractivity contribution < 1.29 is 9.90 Å². The van der Waals surface area contributed by atoms with Gasteiger partial charge in [-0.05, 0) is 41.5 Å². The zero-order valence-electron chi connectivity index (χ0n) is 14.5. The maximum atomic E-state index is 12.5. The van der Waals surface area contributed by atoms with Gasteiger partial charge in [0, 0.05) is 16.8 Å². The highest BCUT2D eigenvalue weighted by Crippen LogP contribution is 2.24. The SMILES string of the molecule is C=NCc1cccc(NC(=O)c2ccc(C(C)(C)C)cc2)c1CO. The number of aliphatic imine (C=N–C) groups is 1. The first-order valence-corrected chi connectivity index (χ1v) is 7.93. The van der Waals surface area contributed by atoms with Gasteiger partial charge in [-0.15, -0.1) is 0 Å². The average molecular weight is 324 g/mol. The molecule has 2 rings (SSSR count). The minimum atomic E-state index is -0.200. The van der Waals surface area contributed by atoms with Crippen molar-refractivity contribution in [2.24, 2.45) is 4.99 Å². The minimum Gasteiger partial charge on any atom is -0.392 e. The van der Waals surface area contributed by atoms with Crippen molar-refractivity contribution in [1.29, 1.82) is 0 Å². The standard InChI is InChI=1S/C20H24N2O2/c1-20(2,3)16-10-8-14(9-11-16)19(24)22-18-7-5-6-15(12-21-4)17(18)13-23/h5-11,23H,4,12-13H2,1-3H3,(H,22,24). The van der Waals surface area contributed by atoms with Crippen molar-refractivity contribution >= 4 is 18.3 Å². The van der Waals surface area contributed by atoms with Gasteiger partial charge in [0.1, 0.15) is 0 Å². The minimum absolute atomic E-state index is 0.0467. The highest BCUT2D eigenvalue weighted by Gasteiger charge is 2.15. The van der Waals surface area contributed by atoms with Crippen molar-refractivity contribution in [2.75, 3.05) is 5.32 Å². The fraction of sp³-hybridized carbons (Fsp3) is 0.300. The van der Waals surface area contributed by atoms with Crippen LogP contribution < -0.4 is 5.32 Å². The zero-order chi connectivity index (χ0) is 17.7. The maximum Gasteiger partial charge on any atom is 0.255 e. The van der Waals surface area contributed by atoms with E-state index in [4.69, 9.17) is 0 Å². The average Bonchev–Trinajstić information content (AvgIpc) is 2.55. The van der Waals surface area contributed by atoms with E-state index >= 15 is 0 Å². The number of nitrogens with zero attached hydrogens (tertiary/aromatic N) is 1. The molecule has 0 aliphatic carbocycles. The van der Waals surface area contributed by atoms with Crippen molar-refractivity contribution in [3.05, 3.63) is 64.7 Å². The first-order valence-electron chi connectivity index (χ1n) is 7.93. The summed E-state index contributed by atoms with van der Waals surface area (Å²) in [5, 5.41) is 12.5. The number of carbonyl (C=O) groups excluding carboxylic acids is 1. The molecule has 0 atom stereocenters. The predicted octanol–water partition coefficient (Wildman–Crippen LogP) is 3.93. The van der Waals surface area contributed by atoms with Gasteiger partial charge in [0.2, 0.25) is 0 Å². The van der Waals surface area contributed by atoms with Crippen LogP contribution in [-0.2, 0) is 18.6 Å². The number of hydrogen-bond donors (Lipinski definition) is 2. The predicted molar refractivity (Wildman–Crippen MR) is 98.7 cm³/mol. The van der Waals surface area contributed by atoms with Crippen LogP contribution in [0, 0.1) is 0 Å². The summed E-state index contributed by atoms with van der Waals surface area (Å²) in [5.41, 5.74) is 3.93. The summed E-state index contributed by atoms with van der Waals surface area (Å²) in [6.07, 6.45) is 0. The molecule has 2 aromatic carbocycles. The van der Waals surface area contributed by atoms with E-state index in [9.17, 15) is 9.90 Å². The monoisotopic (exact) mass is 324 g/mol. The van der Waals surface area contributed by atoms with E-state index < -0.39 is 0 Å². The Balaban J connectivity index is 2.23. The number of nitrogens with one attached hydrogen (secondary N) is 1. The molecule has 1 amide bonds. The molecular formula is C20H24N2O2. The molecule has 126 valence electrons. The van der Waals surface area contributed by atoms with Crippen molar-refractivity contribution in [3.63, 3.8) is 0 Å². The van der Waals surface area contributed by atoms with E-state index in [-0.39, 0.29) is 17.9 Å². The van der Waals surface area contributed by atoms with E-state index in [0.717, 1.165) is 5.56 Å². The molecule has 0 heterocycles. The largest absolute Gasteiger partial charge is 0.392 e. The lowest BCUT2D eigenvalue weighted by Gasteiger charge is -2.19. The van der Waals surface area contributed by atoms with Gasteiger partial charge in [0.05, 0.1) is 13.2 Å². The van der Waals surface area contributed by atoms with E-state index in [1.165, 1.54) is 5.56 Å². The Kier molecular flexibility index (Phi) is 5.52. The molecular weight excluding hydrogens is 300 g/mol. The van der Waals surface area contributed by atoms with Gasteiger partial charge in [-0.2, -0.15) is 0 Å². The molecule has 0 aliphatic heterocycles. The van der Waals surface area contributed by atoms with Crippen LogP contribution in [0.1, 0.15) is 47.8 Å². The lowest BCUT2D eigenvalue weighted by atomic mass is 9.86. The molecule has 0 aromatic heterocycles. The molecule has 24 heavy (non-hydrogen) atoms. The first kappa shape index (κ1) is 17.9. The molecule has 0 saturated heterocycles. The summed E-state index contributed by atoms with van der Waals surface area (Å²) in [5.74, 6) is -0.200. The van der Waals surface area contributed by atoms with Gasteiger partial charge in [-0.1, -0.05) is 45.0 Å². The Bertz CT molecular complexity index is 728. The molecule has 0 saturated carbocycles. The molecule has 4 nitrogen and oxygen atoms in total. The molecule has 2 N–H and O–H groups in total. The van der Waals surface area contributed by atoms with Crippen LogP contribution in [0.15, 0.2) is 47.5 Å². The second kappa shape index (κ2) is 7.41. The third kappa shape index (κ3) is 4.09. The Hall–Kier alpha value is -2.46. The molecule has 4 heteroatoms. The normalized spacial score (nSPS) is 11.2. The lowest BCUT2D eigenvalue weighted by Crippen LogP contribution is -2.15. The number of amides is 1. The highest BCUT2D eigenvalue weighted by atomic mass is 16.3. The Morgan fingerprint density at radius 1 is 1.17 bits per heavy atom. The highest BCUT2D eigenvalue weighted by molar-refractivity contribution is 6.04. The number of anilines is 1. The van der Waals surface area contributed by atoms with Crippen LogP contribution in [0.2, 0.25) is 0 Å². The van der Waals surface area contributed by atoms with Gasteiger partial charge < -0.3 is 10.4 Å².